The number of rotatable bonds is 5. The second-order valence-corrected chi connectivity index (χ2v) is 5.37. The molecule has 20 heavy (non-hydrogen) atoms. The van der Waals surface area contributed by atoms with Gasteiger partial charge in [-0.15, -0.1) is 0 Å². The summed E-state index contributed by atoms with van der Waals surface area (Å²) in [5.74, 6) is 1.07. The fourth-order valence-electron chi connectivity index (χ4n) is 2.64. The first-order chi connectivity index (χ1) is 9.65. The van der Waals surface area contributed by atoms with E-state index in [-0.39, 0.29) is 17.6 Å². The maximum absolute atomic E-state index is 12.9. The molecule has 3 nitrogen and oxygen atoms in total. The summed E-state index contributed by atoms with van der Waals surface area (Å²) in [4.78, 5) is 17.1. The molecule has 0 N–H and O–H groups in total. The SMILES string of the molecule is CC[C@@H](C)C(C(=O)c1nccn1C)C1C=CC=CC=C1. The Kier molecular flexibility index (Phi) is 4.72. The number of Topliss-reactive ketones (excluding diaryl/α,β-unsaturated/α-hetero) is 1. The molecule has 0 aliphatic heterocycles. The third kappa shape index (κ3) is 2.98. The van der Waals surface area contributed by atoms with Crippen LogP contribution in [-0.2, 0) is 7.05 Å². The van der Waals surface area contributed by atoms with Crippen molar-refractivity contribution < 1.29 is 4.79 Å². The maximum Gasteiger partial charge on any atom is 0.202 e. The van der Waals surface area contributed by atoms with E-state index in [1.807, 2.05) is 37.5 Å². The Morgan fingerprint density at radius 1 is 1.30 bits per heavy atom. The Morgan fingerprint density at radius 2 is 1.95 bits per heavy atom. The van der Waals surface area contributed by atoms with Gasteiger partial charge in [-0.3, -0.25) is 4.79 Å². The van der Waals surface area contributed by atoms with Crippen molar-refractivity contribution >= 4 is 5.78 Å². The molecule has 0 radical (unpaired) electrons. The quantitative estimate of drug-likeness (QED) is 0.767. The molecular weight excluding hydrogens is 248 g/mol. The van der Waals surface area contributed by atoms with Gasteiger partial charge >= 0.3 is 0 Å². The van der Waals surface area contributed by atoms with Gasteiger partial charge in [0.15, 0.2) is 5.82 Å². The average molecular weight is 270 g/mol. The Bertz CT molecular complexity index is 535. The van der Waals surface area contributed by atoms with Crippen LogP contribution in [0.15, 0.2) is 48.8 Å². The first-order valence-corrected chi connectivity index (χ1v) is 7.18. The zero-order chi connectivity index (χ0) is 14.5. The number of carbonyl (C=O) groups is 1. The lowest BCUT2D eigenvalue weighted by molar-refractivity contribution is 0.0837. The van der Waals surface area contributed by atoms with Crippen LogP contribution in [0, 0.1) is 17.8 Å². The molecule has 0 bridgehead atoms. The van der Waals surface area contributed by atoms with Gasteiger partial charge in [0.1, 0.15) is 0 Å². The number of aromatic nitrogens is 2. The van der Waals surface area contributed by atoms with Crippen molar-refractivity contribution in [2.45, 2.75) is 20.3 Å². The lowest BCUT2D eigenvalue weighted by Crippen LogP contribution is -2.29. The number of nitrogens with zero attached hydrogens (tertiary/aromatic N) is 2. The minimum atomic E-state index is -0.0616. The minimum absolute atomic E-state index is 0.0616. The normalized spacial score (nSPS) is 17.9. The number of ketones is 1. The smallest absolute Gasteiger partial charge is 0.202 e. The zero-order valence-corrected chi connectivity index (χ0v) is 12.4. The van der Waals surface area contributed by atoms with Crippen LogP contribution in [0.4, 0.5) is 0 Å². The Balaban J connectivity index is 2.33. The van der Waals surface area contributed by atoms with Crippen molar-refractivity contribution in [3.63, 3.8) is 0 Å². The highest BCUT2D eigenvalue weighted by atomic mass is 16.1. The molecule has 1 heterocycles. The van der Waals surface area contributed by atoms with Crippen LogP contribution in [0.3, 0.4) is 0 Å². The van der Waals surface area contributed by atoms with Crippen molar-refractivity contribution in [3.8, 4) is 0 Å². The Morgan fingerprint density at radius 3 is 2.45 bits per heavy atom. The fraction of sp³-hybridized carbons (Fsp3) is 0.412. The van der Waals surface area contributed by atoms with Crippen LogP contribution in [0.25, 0.3) is 0 Å². The molecule has 0 saturated heterocycles. The zero-order valence-electron chi connectivity index (χ0n) is 12.4. The molecule has 0 aromatic carbocycles. The first-order valence-electron chi connectivity index (χ1n) is 7.18. The third-order valence-corrected chi connectivity index (χ3v) is 4.02. The van der Waals surface area contributed by atoms with Crippen molar-refractivity contribution in [1.29, 1.82) is 0 Å². The van der Waals surface area contributed by atoms with Crippen LogP contribution in [0.1, 0.15) is 30.9 Å². The first kappa shape index (κ1) is 14.5. The lowest BCUT2D eigenvalue weighted by Gasteiger charge is -2.26. The van der Waals surface area contributed by atoms with Crippen molar-refractivity contribution in [3.05, 3.63) is 54.7 Å². The number of imidazole rings is 1. The van der Waals surface area contributed by atoms with Gasteiger partial charge in [0.2, 0.25) is 5.78 Å². The number of carbonyl (C=O) groups excluding carboxylic acids is 1. The molecule has 0 fully saturated rings. The topological polar surface area (TPSA) is 34.9 Å². The van der Waals surface area contributed by atoms with E-state index >= 15 is 0 Å². The van der Waals surface area contributed by atoms with Gasteiger partial charge in [-0.25, -0.2) is 4.98 Å². The van der Waals surface area contributed by atoms with Gasteiger partial charge in [0, 0.05) is 31.3 Å². The van der Waals surface area contributed by atoms with Crippen molar-refractivity contribution in [2.75, 3.05) is 0 Å². The predicted molar refractivity (Wildman–Crippen MR) is 81.4 cm³/mol. The summed E-state index contributed by atoms with van der Waals surface area (Å²) in [6.07, 6.45) is 16.7. The summed E-state index contributed by atoms with van der Waals surface area (Å²) in [5, 5.41) is 0. The van der Waals surface area contributed by atoms with Gasteiger partial charge < -0.3 is 4.57 Å². The van der Waals surface area contributed by atoms with E-state index in [1.54, 1.807) is 10.8 Å². The second kappa shape index (κ2) is 6.51. The highest BCUT2D eigenvalue weighted by molar-refractivity contribution is 5.95. The molecule has 0 spiro atoms. The summed E-state index contributed by atoms with van der Waals surface area (Å²) < 4.78 is 1.81. The fourth-order valence-corrected chi connectivity index (χ4v) is 2.64. The van der Waals surface area contributed by atoms with Gasteiger partial charge in [-0.1, -0.05) is 56.7 Å². The number of hydrogen-bond donors (Lipinski definition) is 0. The Hall–Kier alpha value is -1.90. The summed E-state index contributed by atoms with van der Waals surface area (Å²) in [5.41, 5.74) is 0. The van der Waals surface area contributed by atoms with E-state index in [4.69, 9.17) is 0 Å². The highest BCUT2D eigenvalue weighted by Gasteiger charge is 2.32. The summed E-state index contributed by atoms with van der Waals surface area (Å²) >= 11 is 0. The van der Waals surface area contributed by atoms with Gasteiger partial charge in [-0.05, 0) is 5.92 Å². The Labute approximate surface area is 120 Å². The van der Waals surface area contributed by atoms with E-state index in [0.29, 0.717) is 11.7 Å². The van der Waals surface area contributed by atoms with E-state index < -0.39 is 0 Å². The van der Waals surface area contributed by atoms with E-state index in [2.05, 4.69) is 31.0 Å². The molecular formula is C17H22N2O. The minimum Gasteiger partial charge on any atom is -0.332 e. The standard InChI is InChI=1S/C17H22N2O/c1-4-13(2)15(14-9-7-5-6-8-10-14)16(20)17-18-11-12-19(17)3/h5-15H,4H2,1-3H3/t13-,15?/m1/s1. The number of allylic oxidation sites excluding steroid dienone is 6. The monoisotopic (exact) mass is 270 g/mol. The van der Waals surface area contributed by atoms with Gasteiger partial charge in [-0.2, -0.15) is 0 Å². The molecule has 3 heteroatoms. The maximum atomic E-state index is 12.9. The largest absolute Gasteiger partial charge is 0.332 e. The van der Waals surface area contributed by atoms with Crippen LogP contribution >= 0.6 is 0 Å². The van der Waals surface area contributed by atoms with Crippen LogP contribution < -0.4 is 0 Å². The summed E-state index contributed by atoms with van der Waals surface area (Å²) in [7, 11) is 1.87. The number of hydrogen-bond acceptors (Lipinski definition) is 2. The molecule has 1 aliphatic rings. The van der Waals surface area contributed by atoms with E-state index in [9.17, 15) is 4.79 Å². The van der Waals surface area contributed by atoms with Gasteiger partial charge in [0.05, 0.1) is 0 Å². The average Bonchev–Trinajstić information content (AvgIpc) is 2.71. The van der Waals surface area contributed by atoms with E-state index in [1.165, 1.54) is 0 Å². The molecule has 106 valence electrons. The van der Waals surface area contributed by atoms with Crippen LogP contribution in [0.5, 0.6) is 0 Å². The second-order valence-electron chi connectivity index (χ2n) is 5.37. The van der Waals surface area contributed by atoms with Crippen molar-refractivity contribution in [1.82, 2.24) is 9.55 Å². The molecule has 1 unspecified atom stereocenters. The molecule has 0 saturated carbocycles. The highest BCUT2D eigenvalue weighted by Crippen LogP contribution is 2.30. The predicted octanol–water partition coefficient (Wildman–Crippen LogP) is 3.56. The summed E-state index contributed by atoms with van der Waals surface area (Å²) in [6, 6.07) is 0. The van der Waals surface area contributed by atoms with Crippen LogP contribution in [0.2, 0.25) is 0 Å². The van der Waals surface area contributed by atoms with Gasteiger partial charge in [0.25, 0.3) is 0 Å². The summed E-state index contributed by atoms with van der Waals surface area (Å²) in [6.45, 7) is 4.28. The molecule has 2 rings (SSSR count). The molecule has 0 amide bonds. The molecule has 1 aliphatic carbocycles. The van der Waals surface area contributed by atoms with Crippen LogP contribution in [-0.4, -0.2) is 15.3 Å². The molecule has 1 aromatic rings. The number of aryl methyl sites for hydroxylation is 1. The van der Waals surface area contributed by atoms with E-state index in [0.717, 1.165) is 6.42 Å². The van der Waals surface area contributed by atoms with Crippen molar-refractivity contribution in [2.24, 2.45) is 24.8 Å². The molecule has 2 atom stereocenters. The molecule has 1 aromatic heterocycles. The lowest BCUT2D eigenvalue weighted by atomic mass is 9.77. The third-order valence-electron chi connectivity index (χ3n) is 4.02.